The van der Waals surface area contributed by atoms with Gasteiger partial charge in [0.15, 0.2) is 0 Å². The topological polar surface area (TPSA) is 0 Å². The predicted molar refractivity (Wildman–Crippen MR) is 213 cm³/mol. The Morgan fingerprint density at radius 3 is 1.18 bits per heavy atom. The summed E-state index contributed by atoms with van der Waals surface area (Å²) < 4.78 is 0. The zero-order chi connectivity index (χ0) is 33.3. The van der Waals surface area contributed by atoms with Crippen molar-refractivity contribution in [2.24, 2.45) is 0 Å². The molecule has 0 radical (unpaired) electrons. The van der Waals surface area contributed by atoms with Gasteiger partial charge in [0, 0.05) is 0 Å². The van der Waals surface area contributed by atoms with E-state index in [2.05, 4.69) is 206 Å². The average Bonchev–Trinajstić information content (AvgIpc) is 3.52. The molecule has 8 aromatic rings. The molecule has 0 unspecified atom stereocenters. The molecule has 1 aliphatic rings. The highest BCUT2D eigenvalue weighted by molar-refractivity contribution is 6.22. The van der Waals surface area contributed by atoms with Gasteiger partial charge in [-0.3, -0.25) is 0 Å². The third-order valence-corrected chi connectivity index (χ3v) is 9.90. The normalized spacial score (nSPS) is 11.2. The summed E-state index contributed by atoms with van der Waals surface area (Å²) in [5.41, 5.74) is 17.3. The third-order valence-electron chi connectivity index (χ3n) is 9.90. The molecule has 0 spiro atoms. The number of benzene rings is 7. The lowest BCUT2D eigenvalue weighted by molar-refractivity contribution is 1.58. The van der Waals surface area contributed by atoms with Crippen LogP contribution in [0.2, 0.25) is 0 Å². The molecule has 0 aromatic heterocycles. The van der Waals surface area contributed by atoms with Crippen LogP contribution >= 0.6 is 0 Å². The number of rotatable bonds is 5. The molecule has 8 aromatic carbocycles. The summed E-state index contributed by atoms with van der Waals surface area (Å²) >= 11 is 0. The van der Waals surface area contributed by atoms with E-state index < -0.39 is 0 Å². The van der Waals surface area contributed by atoms with Gasteiger partial charge in [0.05, 0.1) is 0 Å². The molecule has 50 heavy (non-hydrogen) atoms. The maximum Gasteiger partial charge on any atom is -0.00139 e. The fourth-order valence-electron chi connectivity index (χ4n) is 7.57. The van der Waals surface area contributed by atoms with Crippen LogP contribution in [0.25, 0.3) is 88.7 Å². The Balaban J connectivity index is 1.26. The van der Waals surface area contributed by atoms with Gasteiger partial charge < -0.3 is 0 Å². The van der Waals surface area contributed by atoms with E-state index in [-0.39, 0.29) is 0 Å². The molecule has 0 heterocycles. The zero-order valence-corrected chi connectivity index (χ0v) is 27.6. The summed E-state index contributed by atoms with van der Waals surface area (Å²) in [6, 6.07) is 74.8. The largest absolute Gasteiger partial charge is 0.0622 e. The Labute approximate surface area is 293 Å². The van der Waals surface area contributed by atoms with E-state index >= 15 is 0 Å². The molecule has 234 valence electrons. The first-order chi connectivity index (χ1) is 24.8. The highest BCUT2D eigenvalue weighted by Gasteiger charge is 2.27. The number of hydrogen-bond donors (Lipinski definition) is 0. The van der Waals surface area contributed by atoms with Crippen molar-refractivity contribution in [2.45, 2.75) is 0 Å². The van der Waals surface area contributed by atoms with E-state index in [1.165, 1.54) is 88.7 Å². The van der Waals surface area contributed by atoms with Gasteiger partial charge in [-0.15, -0.1) is 0 Å². The van der Waals surface area contributed by atoms with Crippen molar-refractivity contribution in [1.82, 2.24) is 0 Å². The van der Waals surface area contributed by atoms with Gasteiger partial charge in [-0.25, -0.2) is 0 Å². The van der Waals surface area contributed by atoms with Gasteiger partial charge in [-0.2, -0.15) is 0 Å². The summed E-state index contributed by atoms with van der Waals surface area (Å²) in [6.07, 6.45) is 0. The fourth-order valence-corrected chi connectivity index (χ4v) is 7.57. The van der Waals surface area contributed by atoms with Crippen molar-refractivity contribution < 1.29 is 0 Å². The number of fused-ring (bicyclic) bond motifs is 3. The molecular formula is C50H34. The summed E-state index contributed by atoms with van der Waals surface area (Å²) in [6.45, 7) is 0. The smallest absolute Gasteiger partial charge is 0.00139 e. The first-order valence-electron chi connectivity index (χ1n) is 17.3. The van der Waals surface area contributed by atoms with Gasteiger partial charge in [0.2, 0.25) is 0 Å². The monoisotopic (exact) mass is 634 g/mol. The zero-order valence-electron chi connectivity index (χ0n) is 27.6. The molecule has 0 amide bonds. The minimum atomic E-state index is 1.21. The van der Waals surface area contributed by atoms with Crippen molar-refractivity contribution >= 4 is 10.8 Å². The summed E-state index contributed by atoms with van der Waals surface area (Å²) in [5, 5.41) is 2.58. The molecule has 9 rings (SSSR count). The van der Waals surface area contributed by atoms with Crippen LogP contribution in [0.15, 0.2) is 206 Å². The van der Waals surface area contributed by atoms with Crippen molar-refractivity contribution in [3.05, 3.63) is 206 Å². The van der Waals surface area contributed by atoms with Crippen molar-refractivity contribution in [1.29, 1.82) is 0 Å². The Morgan fingerprint density at radius 2 is 0.580 bits per heavy atom. The molecule has 0 N–H and O–H groups in total. The van der Waals surface area contributed by atoms with E-state index in [4.69, 9.17) is 0 Å². The van der Waals surface area contributed by atoms with Crippen LogP contribution in [0, 0.1) is 0 Å². The lowest BCUT2D eigenvalue weighted by Crippen LogP contribution is -1.86. The minimum Gasteiger partial charge on any atom is -0.0622 e. The minimum absolute atomic E-state index is 1.21. The van der Waals surface area contributed by atoms with E-state index in [0.717, 1.165) is 0 Å². The van der Waals surface area contributed by atoms with Crippen LogP contribution in [0.1, 0.15) is 0 Å². The second-order valence-electron chi connectivity index (χ2n) is 12.8. The van der Waals surface area contributed by atoms with Crippen molar-refractivity contribution in [3.8, 4) is 77.9 Å². The number of hydrogen-bond acceptors (Lipinski definition) is 0. The van der Waals surface area contributed by atoms with Gasteiger partial charge in [-0.1, -0.05) is 200 Å². The molecule has 0 saturated heterocycles. The summed E-state index contributed by atoms with van der Waals surface area (Å²) in [7, 11) is 0. The molecule has 1 aliphatic carbocycles. The van der Waals surface area contributed by atoms with Crippen molar-refractivity contribution in [3.63, 3.8) is 0 Å². The van der Waals surface area contributed by atoms with Crippen LogP contribution < -0.4 is 0 Å². The molecule has 0 saturated carbocycles. The Hall–Kier alpha value is -6.50. The summed E-state index contributed by atoms with van der Waals surface area (Å²) in [4.78, 5) is 0. The molecular weight excluding hydrogens is 601 g/mol. The molecule has 0 bridgehead atoms. The highest BCUT2D eigenvalue weighted by Crippen LogP contribution is 2.54. The first kappa shape index (κ1) is 29.6. The Bertz CT molecular complexity index is 2460. The van der Waals surface area contributed by atoms with Crippen LogP contribution in [-0.4, -0.2) is 0 Å². The third kappa shape index (κ3) is 5.28. The molecule has 0 atom stereocenters. The Kier molecular flexibility index (Phi) is 7.61. The van der Waals surface area contributed by atoms with Gasteiger partial charge in [-0.05, 0) is 94.7 Å². The van der Waals surface area contributed by atoms with E-state index in [9.17, 15) is 0 Å². The first-order valence-corrected chi connectivity index (χ1v) is 17.3. The van der Waals surface area contributed by atoms with Crippen LogP contribution in [0.3, 0.4) is 0 Å². The maximum absolute atomic E-state index is 2.36. The van der Waals surface area contributed by atoms with Crippen LogP contribution in [0.5, 0.6) is 0 Å². The van der Waals surface area contributed by atoms with E-state index in [0.29, 0.717) is 0 Å². The Morgan fingerprint density at radius 1 is 0.200 bits per heavy atom. The van der Waals surface area contributed by atoms with Crippen molar-refractivity contribution in [2.75, 3.05) is 0 Å². The van der Waals surface area contributed by atoms with E-state index in [1.54, 1.807) is 0 Å². The maximum atomic E-state index is 2.36. The SMILES string of the molecule is c1ccc(-c2ccc(-c3cccc(-c4ccc5c6c(cccc46)-c4c(-c6ccccc6)ccccccc(-c6ccccc6)c4-5)c3)cc2)cc1. The second-order valence-corrected chi connectivity index (χ2v) is 12.8. The molecule has 0 nitrogen and oxygen atoms in total. The molecule has 0 aliphatic heterocycles. The highest BCUT2D eigenvalue weighted by atomic mass is 14.3. The van der Waals surface area contributed by atoms with Crippen LogP contribution in [0.4, 0.5) is 0 Å². The quantitative estimate of drug-likeness (QED) is 0.177. The molecule has 0 heteroatoms. The van der Waals surface area contributed by atoms with E-state index in [1.807, 2.05) is 0 Å². The fraction of sp³-hybridized carbons (Fsp3) is 0. The average molecular weight is 635 g/mol. The van der Waals surface area contributed by atoms with Crippen LogP contribution in [-0.2, 0) is 0 Å². The lowest BCUT2D eigenvalue weighted by Gasteiger charge is -2.13. The van der Waals surface area contributed by atoms with Gasteiger partial charge in [0.25, 0.3) is 0 Å². The molecule has 0 fully saturated rings. The predicted octanol–water partition coefficient (Wildman–Crippen LogP) is 13.9. The van der Waals surface area contributed by atoms with Gasteiger partial charge >= 0.3 is 0 Å². The standard InChI is InChI=1S/C50H34/c1-2-13-25-44(39-20-10-5-11-21-39)50-47-33-32-42(41-23-14-22-40(34-41)37-30-28-36(29-31-37)35-16-6-3-7-17-35)45-26-15-27-46(48(45)47)49(50)43(24-12-1)38-18-8-4-9-19-38/h1-34H. The van der Waals surface area contributed by atoms with Gasteiger partial charge in [0.1, 0.15) is 0 Å². The summed E-state index contributed by atoms with van der Waals surface area (Å²) in [5.74, 6) is 0. The second kappa shape index (κ2) is 12.8. The lowest BCUT2D eigenvalue weighted by atomic mass is 9.90.